The predicted molar refractivity (Wildman–Crippen MR) is 87.8 cm³/mol. The summed E-state index contributed by atoms with van der Waals surface area (Å²) in [6, 6.07) is 14.3. The van der Waals surface area contributed by atoms with Crippen molar-refractivity contribution in [3.63, 3.8) is 0 Å². The van der Waals surface area contributed by atoms with Crippen LogP contribution < -0.4 is 5.11 Å². The molecule has 0 amide bonds. The number of benzene rings is 2. The number of carboxylic acids is 1. The van der Waals surface area contributed by atoms with Gasteiger partial charge in [-0.15, -0.1) is 0 Å². The van der Waals surface area contributed by atoms with Gasteiger partial charge in [0.05, 0.1) is 28.1 Å². The van der Waals surface area contributed by atoms with E-state index in [0.717, 1.165) is 11.1 Å². The Morgan fingerprint density at radius 2 is 1.83 bits per heavy atom. The van der Waals surface area contributed by atoms with Gasteiger partial charge in [0.1, 0.15) is 0 Å². The normalized spacial score (nSPS) is 10.7. The van der Waals surface area contributed by atoms with Crippen molar-refractivity contribution in [2.75, 3.05) is 0 Å². The van der Waals surface area contributed by atoms with Crippen LogP contribution in [0.15, 0.2) is 48.5 Å². The molecule has 23 heavy (non-hydrogen) atoms. The van der Waals surface area contributed by atoms with Crippen molar-refractivity contribution < 1.29 is 9.90 Å². The average molecular weight is 326 g/mol. The molecule has 0 aliphatic rings. The second-order valence-electron chi connectivity index (χ2n) is 5.36. The third-order valence-electron chi connectivity index (χ3n) is 3.80. The fraction of sp³-hybridized carbons (Fsp3) is 0.111. The lowest BCUT2D eigenvalue weighted by Gasteiger charge is -2.09. The number of carbonyl (C=O) groups is 1. The van der Waals surface area contributed by atoms with Gasteiger partial charge in [-0.1, -0.05) is 35.9 Å². The van der Waals surface area contributed by atoms with Gasteiger partial charge < -0.3 is 9.90 Å². The summed E-state index contributed by atoms with van der Waals surface area (Å²) >= 11 is 6.16. The van der Waals surface area contributed by atoms with Crippen LogP contribution in [0.3, 0.4) is 0 Å². The molecular weight excluding hydrogens is 312 g/mol. The smallest absolute Gasteiger partial charge is 0.0934 e. The van der Waals surface area contributed by atoms with Crippen molar-refractivity contribution in [1.29, 1.82) is 0 Å². The number of halogens is 1. The standard InChI is InChI=1S/C18H15ClN2O2/c1-11-7-8-13(9-12(11)2)15-10-17(18(22)23)21(20-15)16-6-4-3-5-14(16)19/h3-10H,1-2H3,(H,22,23)/p-1. The Bertz CT molecular complexity index is 900. The predicted octanol–water partition coefficient (Wildman–Crippen LogP) is 3.17. The molecule has 3 aromatic rings. The zero-order chi connectivity index (χ0) is 16.6. The Morgan fingerprint density at radius 1 is 1.09 bits per heavy atom. The molecule has 5 heteroatoms. The molecule has 0 aliphatic carbocycles. The van der Waals surface area contributed by atoms with E-state index in [2.05, 4.69) is 5.10 Å². The summed E-state index contributed by atoms with van der Waals surface area (Å²) in [5.41, 5.74) is 4.16. The number of nitrogens with zero attached hydrogens (tertiary/aromatic N) is 2. The van der Waals surface area contributed by atoms with Gasteiger partial charge in [-0.25, -0.2) is 4.68 Å². The Labute approximate surface area is 139 Å². The van der Waals surface area contributed by atoms with E-state index in [1.165, 1.54) is 16.3 Å². The lowest BCUT2D eigenvalue weighted by molar-refractivity contribution is -0.255. The molecule has 0 bridgehead atoms. The largest absolute Gasteiger partial charge is 0.543 e. The SMILES string of the molecule is Cc1ccc(-c2cc(C(=O)[O-])n(-c3ccccc3Cl)n2)cc1C. The van der Waals surface area contributed by atoms with Crippen LogP contribution in [-0.4, -0.2) is 15.7 Å². The molecule has 116 valence electrons. The Balaban J connectivity index is 2.18. The van der Waals surface area contributed by atoms with Crippen molar-refractivity contribution >= 4 is 17.6 Å². The molecule has 0 unspecified atom stereocenters. The molecule has 0 saturated carbocycles. The number of aromatic nitrogens is 2. The topological polar surface area (TPSA) is 57.9 Å². The van der Waals surface area contributed by atoms with Gasteiger partial charge >= 0.3 is 0 Å². The van der Waals surface area contributed by atoms with Crippen LogP contribution >= 0.6 is 11.6 Å². The van der Waals surface area contributed by atoms with Gasteiger partial charge in [0.2, 0.25) is 0 Å². The van der Waals surface area contributed by atoms with Crippen molar-refractivity contribution in [3.8, 4) is 16.9 Å². The third-order valence-corrected chi connectivity index (χ3v) is 4.12. The fourth-order valence-electron chi connectivity index (χ4n) is 2.38. The highest BCUT2D eigenvalue weighted by molar-refractivity contribution is 6.32. The van der Waals surface area contributed by atoms with Gasteiger partial charge in [0.25, 0.3) is 0 Å². The van der Waals surface area contributed by atoms with E-state index in [0.29, 0.717) is 16.4 Å². The van der Waals surface area contributed by atoms with Gasteiger partial charge in [-0.2, -0.15) is 5.10 Å². The van der Waals surface area contributed by atoms with Crippen LogP contribution in [0.5, 0.6) is 0 Å². The number of hydrogen-bond acceptors (Lipinski definition) is 3. The summed E-state index contributed by atoms with van der Waals surface area (Å²) in [5, 5.41) is 16.3. The summed E-state index contributed by atoms with van der Waals surface area (Å²) in [5.74, 6) is -1.30. The molecule has 0 N–H and O–H groups in total. The quantitative estimate of drug-likeness (QED) is 0.743. The summed E-state index contributed by atoms with van der Waals surface area (Å²) in [7, 11) is 0. The van der Waals surface area contributed by atoms with Crippen molar-refractivity contribution in [3.05, 3.63) is 70.4 Å². The molecule has 0 radical (unpaired) electrons. The first-order chi connectivity index (χ1) is 11.0. The molecule has 1 heterocycles. The summed E-state index contributed by atoms with van der Waals surface area (Å²) in [6.07, 6.45) is 0. The van der Waals surface area contributed by atoms with Crippen LogP contribution in [0, 0.1) is 13.8 Å². The minimum absolute atomic E-state index is 0.0358. The maximum Gasteiger partial charge on any atom is 0.0934 e. The number of carbonyl (C=O) groups excluding carboxylic acids is 1. The van der Waals surface area contributed by atoms with E-state index in [9.17, 15) is 9.90 Å². The summed E-state index contributed by atoms with van der Waals surface area (Å²) < 4.78 is 1.31. The van der Waals surface area contributed by atoms with Gasteiger partial charge in [-0.05, 0) is 49.2 Å². The van der Waals surface area contributed by atoms with E-state index >= 15 is 0 Å². The molecule has 0 fully saturated rings. The second-order valence-corrected chi connectivity index (χ2v) is 5.77. The van der Waals surface area contributed by atoms with Crippen LogP contribution in [0.1, 0.15) is 21.6 Å². The highest BCUT2D eigenvalue weighted by Gasteiger charge is 2.14. The number of para-hydroxylation sites is 1. The zero-order valence-electron chi connectivity index (χ0n) is 12.7. The lowest BCUT2D eigenvalue weighted by atomic mass is 10.0. The molecule has 1 aromatic heterocycles. The minimum Gasteiger partial charge on any atom is -0.543 e. The van der Waals surface area contributed by atoms with E-state index in [-0.39, 0.29) is 5.69 Å². The number of carboxylic acid groups (broad SMARTS) is 1. The monoisotopic (exact) mass is 325 g/mol. The zero-order valence-corrected chi connectivity index (χ0v) is 13.5. The third kappa shape index (κ3) is 2.85. The minimum atomic E-state index is -1.30. The van der Waals surface area contributed by atoms with Crippen molar-refractivity contribution in [2.24, 2.45) is 0 Å². The second kappa shape index (κ2) is 5.89. The number of aryl methyl sites for hydroxylation is 2. The Kier molecular flexibility index (Phi) is 3.92. The fourth-order valence-corrected chi connectivity index (χ4v) is 2.59. The number of aromatic carboxylic acids is 1. The van der Waals surface area contributed by atoms with E-state index in [1.807, 2.05) is 32.0 Å². The molecule has 4 nitrogen and oxygen atoms in total. The number of rotatable bonds is 3. The van der Waals surface area contributed by atoms with Gasteiger partial charge in [-0.3, -0.25) is 0 Å². The maximum atomic E-state index is 11.5. The summed E-state index contributed by atoms with van der Waals surface area (Å²) in [6.45, 7) is 4.03. The Morgan fingerprint density at radius 3 is 2.48 bits per heavy atom. The van der Waals surface area contributed by atoms with E-state index in [1.54, 1.807) is 24.3 Å². The van der Waals surface area contributed by atoms with Crippen LogP contribution in [0.2, 0.25) is 5.02 Å². The molecule has 0 aliphatic heterocycles. The molecule has 2 aromatic carbocycles. The van der Waals surface area contributed by atoms with Crippen molar-refractivity contribution in [2.45, 2.75) is 13.8 Å². The average Bonchev–Trinajstić information content (AvgIpc) is 2.96. The first-order valence-electron chi connectivity index (χ1n) is 7.11. The van der Waals surface area contributed by atoms with Crippen molar-refractivity contribution in [1.82, 2.24) is 9.78 Å². The van der Waals surface area contributed by atoms with Gasteiger partial charge in [0.15, 0.2) is 0 Å². The van der Waals surface area contributed by atoms with Crippen LogP contribution in [-0.2, 0) is 0 Å². The molecular formula is C18H14ClN2O2-. The van der Waals surface area contributed by atoms with Crippen LogP contribution in [0.4, 0.5) is 0 Å². The van der Waals surface area contributed by atoms with Gasteiger partial charge in [0, 0.05) is 5.56 Å². The van der Waals surface area contributed by atoms with Crippen LogP contribution in [0.25, 0.3) is 16.9 Å². The molecule has 0 saturated heterocycles. The number of hydrogen-bond donors (Lipinski definition) is 0. The summed E-state index contributed by atoms with van der Waals surface area (Å²) in [4.78, 5) is 11.5. The van der Waals surface area contributed by atoms with E-state index < -0.39 is 5.97 Å². The molecule has 0 spiro atoms. The highest BCUT2D eigenvalue weighted by atomic mass is 35.5. The highest BCUT2D eigenvalue weighted by Crippen LogP contribution is 2.26. The molecule has 3 rings (SSSR count). The Hall–Kier alpha value is -2.59. The maximum absolute atomic E-state index is 11.5. The first-order valence-corrected chi connectivity index (χ1v) is 7.49. The lowest BCUT2D eigenvalue weighted by Crippen LogP contribution is -2.25. The first kappa shape index (κ1) is 15.3. The van der Waals surface area contributed by atoms with E-state index in [4.69, 9.17) is 11.6 Å². The molecule has 0 atom stereocenters.